The van der Waals surface area contributed by atoms with Crippen LogP contribution in [0.3, 0.4) is 0 Å². The number of carbonyl (C=O) groups is 1. The van der Waals surface area contributed by atoms with E-state index in [1.165, 1.54) is 11.3 Å². The van der Waals surface area contributed by atoms with Crippen molar-refractivity contribution in [2.75, 3.05) is 0 Å². The number of halogens is 1. The molecule has 4 nitrogen and oxygen atoms in total. The average Bonchev–Trinajstić information content (AvgIpc) is 2.95. The number of thiazole rings is 1. The van der Waals surface area contributed by atoms with Crippen molar-refractivity contribution in [3.63, 3.8) is 0 Å². The summed E-state index contributed by atoms with van der Waals surface area (Å²) in [5.41, 5.74) is 1.54. The van der Waals surface area contributed by atoms with Crippen LogP contribution in [0.1, 0.15) is 21.8 Å². The first-order chi connectivity index (χ1) is 9.15. The minimum absolute atomic E-state index is 0.240. The summed E-state index contributed by atoms with van der Waals surface area (Å²) in [6.45, 7) is 1.78. The number of aryl methyl sites for hydroxylation is 1. The molecule has 2 heterocycles. The highest BCUT2D eigenvalue weighted by atomic mass is 32.1. The minimum atomic E-state index is -0.894. The molecule has 0 radical (unpaired) electrons. The van der Waals surface area contributed by atoms with Crippen LogP contribution in [0, 0.1) is 6.92 Å². The number of carbonyl (C=O) groups excluding carboxylic acids is 1. The lowest BCUT2D eigenvalue weighted by molar-refractivity contribution is 0.0951. The second-order valence-corrected chi connectivity index (χ2v) is 5.51. The second-order valence-electron chi connectivity index (χ2n) is 4.51. The lowest BCUT2D eigenvalue weighted by Crippen LogP contribution is -2.26. The fourth-order valence-corrected chi connectivity index (χ4v) is 2.73. The van der Waals surface area contributed by atoms with Crippen LogP contribution in [0.5, 0.6) is 0 Å². The predicted octanol–water partition coefficient (Wildman–Crippen LogP) is 2.35. The number of pyridine rings is 1. The summed E-state index contributed by atoms with van der Waals surface area (Å²) in [5.74, 6) is -0.240. The summed E-state index contributed by atoms with van der Waals surface area (Å²) in [6.07, 6.45) is 2.92. The highest BCUT2D eigenvalue weighted by molar-refractivity contribution is 7.17. The fraction of sp³-hybridized carbons (Fsp3) is 0.308. The second kappa shape index (κ2) is 4.70. The Morgan fingerprint density at radius 2 is 2.37 bits per heavy atom. The summed E-state index contributed by atoms with van der Waals surface area (Å²) < 4.78 is 12.8. The summed E-state index contributed by atoms with van der Waals surface area (Å²) >= 11 is 1.31. The van der Waals surface area contributed by atoms with E-state index in [9.17, 15) is 9.18 Å². The summed E-state index contributed by atoms with van der Waals surface area (Å²) in [5, 5.41) is 3.42. The maximum Gasteiger partial charge on any atom is 0.263 e. The normalized spacial score (nSPS) is 21.2. The molecule has 0 spiro atoms. The number of alkyl halides is 1. The van der Waals surface area contributed by atoms with Gasteiger partial charge < -0.3 is 5.32 Å². The fourth-order valence-electron chi connectivity index (χ4n) is 1.77. The van der Waals surface area contributed by atoms with E-state index in [0.717, 1.165) is 10.6 Å². The molecule has 1 saturated carbocycles. The van der Waals surface area contributed by atoms with Gasteiger partial charge >= 0.3 is 0 Å². The molecule has 0 aliphatic heterocycles. The molecule has 1 aliphatic carbocycles. The first-order valence-corrected chi connectivity index (χ1v) is 6.79. The molecule has 19 heavy (non-hydrogen) atoms. The Balaban J connectivity index is 1.83. The van der Waals surface area contributed by atoms with Crippen molar-refractivity contribution in [1.82, 2.24) is 15.3 Å². The Morgan fingerprint density at radius 1 is 1.58 bits per heavy atom. The predicted molar refractivity (Wildman–Crippen MR) is 70.8 cm³/mol. The average molecular weight is 277 g/mol. The number of nitrogens with one attached hydrogen (secondary N) is 1. The zero-order valence-electron chi connectivity index (χ0n) is 10.3. The van der Waals surface area contributed by atoms with Crippen LogP contribution in [-0.4, -0.2) is 28.1 Å². The third kappa shape index (κ3) is 2.49. The van der Waals surface area contributed by atoms with Gasteiger partial charge in [-0.25, -0.2) is 9.37 Å². The molecule has 2 aromatic heterocycles. The number of rotatable bonds is 3. The van der Waals surface area contributed by atoms with E-state index in [4.69, 9.17) is 0 Å². The highest BCUT2D eigenvalue weighted by Crippen LogP contribution is 2.29. The van der Waals surface area contributed by atoms with E-state index in [0.29, 0.717) is 17.0 Å². The van der Waals surface area contributed by atoms with Gasteiger partial charge in [-0.15, -0.1) is 11.3 Å². The molecule has 6 heteroatoms. The molecular formula is C13H12FN3OS. The van der Waals surface area contributed by atoms with Crippen molar-refractivity contribution in [2.45, 2.75) is 25.6 Å². The van der Waals surface area contributed by atoms with Crippen LogP contribution < -0.4 is 5.32 Å². The third-order valence-electron chi connectivity index (χ3n) is 2.94. The van der Waals surface area contributed by atoms with Gasteiger partial charge in [0.15, 0.2) is 0 Å². The van der Waals surface area contributed by atoms with E-state index in [-0.39, 0.29) is 11.9 Å². The van der Waals surface area contributed by atoms with Crippen LogP contribution in [0.25, 0.3) is 10.6 Å². The molecule has 1 amide bonds. The van der Waals surface area contributed by atoms with Gasteiger partial charge in [0.25, 0.3) is 5.91 Å². The molecule has 0 saturated heterocycles. The van der Waals surface area contributed by atoms with Crippen molar-refractivity contribution in [2.24, 2.45) is 0 Å². The van der Waals surface area contributed by atoms with E-state index in [1.54, 1.807) is 19.3 Å². The molecule has 1 N–H and O–H groups in total. The van der Waals surface area contributed by atoms with Gasteiger partial charge in [-0.3, -0.25) is 9.78 Å². The number of hydrogen-bond donors (Lipinski definition) is 1. The third-order valence-corrected chi connectivity index (χ3v) is 4.15. The van der Waals surface area contributed by atoms with E-state index >= 15 is 0 Å². The maximum atomic E-state index is 12.8. The Bertz CT molecular complexity index is 614. The van der Waals surface area contributed by atoms with Crippen molar-refractivity contribution in [1.29, 1.82) is 0 Å². The molecule has 3 rings (SSSR count). The number of aromatic nitrogens is 2. The van der Waals surface area contributed by atoms with Gasteiger partial charge in [0, 0.05) is 24.4 Å². The zero-order chi connectivity index (χ0) is 13.4. The molecule has 2 aromatic rings. The molecular weight excluding hydrogens is 265 g/mol. The zero-order valence-corrected chi connectivity index (χ0v) is 11.1. The molecule has 1 aliphatic rings. The number of hydrogen-bond acceptors (Lipinski definition) is 4. The maximum absolute atomic E-state index is 12.8. The lowest BCUT2D eigenvalue weighted by Gasteiger charge is -2.00. The molecule has 0 bridgehead atoms. The lowest BCUT2D eigenvalue weighted by atomic mass is 10.3. The quantitative estimate of drug-likeness (QED) is 0.937. The molecule has 0 aromatic carbocycles. The van der Waals surface area contributed by atoms with Crippen molar-refractivity contribution in [3.8, 4) is 10.6 Å². The summed E-state index contributed by atoms with van der Waals surface area (Å²) in [6, 6.07) is 3.39. The van der Waals surface area contributed by atoms with Crippen LogP contribution >= 0.6 is 11.3 Å². The first-order valence-electron chi connectivity index (χ1n) is 5.98. The monoisotopic (exact) mass is 277 g/mol. The van der Waals surface area contributed by atoms with Gasteiger partial charge in [0.2, 0.25) is 0 Å². The molecule has 2 unspecified atom stereocenters. The number of amides is 1. The first kappa shape index (κ1) is 12.2. The molecule has 98 valence electrons. The van der Waals surface area contributed by atoms with Gasteiger partial charge in [-0.1, -0.05) is 0 Å². The van der Waals surface area contributed by atoms with Gasteiger partial charge in [0.1, 0.15) is 16.1 Å². The van der Waals surface area contributed by atoms with Gasteiger partial charge in [-0.2, -0.15) is 0 Å². The molecule has 1 fully saturated rings. The number of nitrogens with zero attached hydrogens (tertiary/aromatic N) is 2. The van der Waals surface area contributed by atoms with Crippen LogP contribution in [0.2, 0.25) is 0 Å². The Hall–Kier alpha value is -1.82. The SMILES string of the molecule is Cc1nc(-c2cccnc2)sc1C(=O)NC1CC1F. The minimum Gasteiger partial charge on any atom is -0.346 e. The van der Waals surface area contributed by atoms with Gasteiger partial charge in [-0.05, 0) is 19.1 Å². The Kier molecular flexibility index (Phi) is 3.02. The molecule has 2 atom stereocenters. The Morgan fingerprint density at radius 3 is 3.00 bits per heavy atom. The van der Waals surface area contributed by atoms with Crippen LogP contribution in [-0.2, 0) is 0 Å². The van der Waals surface area contributed by atoms with Crippen molar-refractivity contribution in [3.05, 3.63) is 35.1 Å². The van der Waals surface area contributed by atoms with Crippen LogP contribution in [0.4, 0.5) is 4.39 Å². The van der Waals surface area contributed by atoms with Crippen molar-refractivity contribution < 1.29 is 9.18 Å². The largest absolute Gasteiger partial charge is 0.346 e. The Labute approximate surface area is 113 Å². The van der Waals surface area contributed by atoms with Crippen molar-refractivity contribution >= 4 is 17.2 Å². The smallest absolute Gasteiger partial charge is 0.263 e. The topological polar surface area (TPSA) is 54.9 Å². The highest BCUT2D eigenvalue weighted by Gasteiger charge is 2.39. The summed E-state index contributed by atoms with van der Waals surface area (Å²) in [4.78, 5) is 20.9. The van der Waals surface area contributed by atoms with E-state index in [1.807, 2.05) is 12.1 Å². The summed E-state index contributed by atoms with van der Waals surface area (Å²) in [7, 11) is 0. The van der Waals surface area contributed by atoms with E-state index in [2.05, 4.69) is 15.3 Å². The van der Waals surface area contributed by atoms with E-state index < -0.39 is 6.17 Å². The standard InChI is InChI=1S/C13H12FN3OS/c1-7-11(12(18)17-10-5-9(10)14)19-13(16-7)8-3-2-4-15-6-8/h2-4,6,9-10H,5H2,1H3,(H,17,18). The van der Waals surface area contributed by atoms with Crippen LogP contribution in [0.15, 0.2) is 24.5 Å². The van der Waals surface area contributed by atoms with Gasteiger partial charge in [0.05, 0.1) is 11.7 Å².